The summed E-state index contributed by atoms with van der Waals surface area (Å²) in [7, 11) is 0. The van der Waals surface area contributed by atoms with Crippen molar-refractivity contribution >= 4 is 11.3 Å². The molecule has 2 aromatic rings. The molecule has 0 spiro atoms. The average molecular weight is 192 g/mol. The molecular weight excluding hydrogens is 180 g/mol. The van der Waals surface area contributed by atoms with Crippen molar-refractivity contribution in [3.63, 3.8) is 0 Å². The summed E-state index contributed by atoms with van der Waals surface area (Å²) < 4.78 is 2.02. The van der Waals surface area contributed by atoms with Gasteiger partial charge >= 0.3 is 0 Å². The van der Waals surface area contributed by atoms with E-state index in [1.807, 2.05) is 23.1 Å². The lowest BCUT2D eigenvalue weighted by Crippen LogP contribution is -2.08. The molecule has 2 heterocycles. The molecule has 0 bridgehead atoms. The maximum atomic E-state index is 4.26. The van der Waals surface area contributed by atoms with Gasteiger partial charge in [-0.25, -0.2) is 0 Å². The number of hydrogen-bond acceptors (Lipinski definition) is 2. The number of rotatable bonds is 3. The van der Waals surface area contributed by atoms with Crippen LogP contribution in [-0.2, 0) is 0 Å². The Labute approximate surface area is 81.8 Å². The monoisotopic (exact) mass is 192 g/mol. The van der Waals surface area contributed by atoms with Crippen LogP contribution >= 0.6 is 11.3 Å². The van der Waals surface area contributed by atoms with E-state index in [4.69, 9.17) is 0 Å². The molecule has 1 atom stereocenters. The predicted molar refractivity (Wildman–Crippen MR) is 55.0 cm³/mol. The fourth-order valence-corrected chi connectivity index (χ4v) is 2.21. The highest BCUT2D eigenvalue weighted by atomic mass is 32.1. The third kappa shape index (κ3) is 1.65. The molecule has 2 aromatic heterocycles. The summed E-state index contributed by atoms with van der Waals surface area (Å²) >= 11 is 1.74. The molecule has 68 valence electrons. The van der Waals surface area contributed by atoms with Gasteiger partial charge in [-0.15, -0.1) is 0 Å². The summed E-state index contributed by atoms with van der Waals surface area (Å²) in [4.78, 5) is 0. The Balaban J connectivity index is 2.29. The second kappa shape index (κ2) is 3.75. The Hall–Kier alpha value is -1.09. The van der Waals surface area contributed by atoms with E-state index in [2.05, 4.69) is 28.8 Å². The highest BCUT2D eigenvalue weighted by Crippen LogP contribution is 2.22. The molecule has 2 nitrogen and oxygen atoms in total. The first kappa shape index (κ1) is 8.51. The quantitative estimate of drug-likeness (QED) is 0.731. The van der Waals surface area contributed by atoms with Crippen LogP contribution in [0.3, 0.4) is 0 Å². The van der Waals surface area contributed by atoms with Crippen molar-refractivity contribution < 1.29 is 0 Å². The largest absolute Gasteiger partial charge is 0.265 e. The molecule has 1 unspecified atom stereocenters. The van der Waals surface area contributed by atoms with Crippen molar-refractivity contribution in [2.24, 2.45) is 0 Å². The van der Waals surface area contributed by atoms with E-state index in [0.717, 1.165) is 6.42 Å². The van der Waals surface area contributed by atoms with Gasteiger partial charge in [-0.1, -0.05) is 6.92 Å². The summed E-state index contributed by atoms with van der Waals surface area (Å²) in [5, 5.41) is 8.57. The zero-order valence-corrected chi connectivity index (χ0v) is 8.37. The van der Waals surface area contributed by atoms with Gasteiger partial charge in [0.15, 0.2) is 0 Å². The maximum absolute atomic E-state index is 4.26. The number of nitrogens with zero attached hydrogens (tertiary/aromatic N) is 2. The van der Waals surface area contributed by atoms with E-state index in [1.54, 1.807) is 11.3 Å². The Morgan fingerprint density at radius 1 is 1.62 bits per heavy atom. The summed E-state index contributed by atoms with van der Waals surface area (Å²) in [5.41, 5.74) is 1.36. The minimum atomic E-state index is 0.404. The van der Waals surface area contributed by atoms with Crippen molar-refractivity contribution in [3.05, 3.63) is 40.8 Å². The minimum Gasteiger partial charge on any atom is -0.265 e. The molecule has 0 aliphatic carbocycles. The minimum absolute atomic E-state index is 0.404. The fraction of sp³-hybridized carbons (Fsp3) is 0.300. The zero-order chi connectivity index (χ0) is 9.10. The lowest BCUT2D eigenvalue weighted by molar-refractivity contribution is 0.510. The first-order valence-electron chi connectivity index (χ1n) is 4.43. The van der Waals surface area contributed by atoms with Gasteiger partial charge in [0.1, 0.15) is 0 Å². The molecule has 0 amide bonds. The van der Waals surface area contributed by atoms with Crippen LogP contribution in [0.1, 0.15) is 24.9 Å². The molecule has 0 fully saturated rings. The van der Waals surface area contributed by atoms with Gasteiger partial charge in [0.05, 0.1) is 6.04 Å². The van der Waals surface area contributed by atoms with Gasteiger partial charge in [-0.05, 0) is 34.9 Å². The molecule has 0 aliphatic rings. The van der Waals surface area contributed by atoms with Gasteiger partial charge in [-0.2, -0.15) is 16.4 Å². The van der Waals surface area contributed by atoms with Gasteiger partial charge in [0.2, 0.25) is 0 Å². The Morgan fingerprint density at radius 3 is 3.08 bits per heavy atom. The lowest BCUT2D eigenvalue weighted by Gasteiger charge is -2.13. The zero-order valence-electron chi connectivity index (χ0n) is 7.55. The highest BCUT2D eigenvalue weighted by Gasteiger charge is 2.10. The Bertz CT molecular complexity index is 303. The van der Waals surface area contributed by atoms with Crippen LogP contribution in [0.4, 0.5) is 0 Å². The van der Waals surface area contributed by atoms with E-state index in [9.17, 15) is 0 Å². The molecule has 0 radical (unpaired) electrons. The Morgan fingerprint density at radius 2 is 2.54 bits per heavy atom. The Kier molecular flexibility index (Phi) is 2.45. The van der Waals surface area contributed by atoms with Crippen LogP contribution in [0.25, 0.3) is 0 Å². The van der Waals surface area contributed by atoms with Gasteiger partial charge < -0.3 is 0 Å². The second-order valence-corrected chi connectivity index (χ2v) is 3.75. The summed E-state index contributed by atoms with van der Waals surface area (Å²) in [6.45, 7) is 2.18. The van der Waals surface area contributed by atoms with Crippen molar-refractivity contribution in [1.82, 2.24) is 9.78 Å². The second-order valence-electron chi connectivity index (χ2n) is 2.97. The SMILES string of the molecule is CCC(c1ccsc1)n1cccn1. The number of hydrogen-bond donors (Lipinski definition) is 0. The molecule has 0 aromatic carbocycles. The van der Waals surface area contributed by atoms with E-state index in [-0.39, 0.29) is 0 Å². The summed E-state index contributed by atoms with van der Waals surface area (Å²) in [6, 6.07) is 4.54. The molecule has 0 N–H and O–H groups in total. The first-order chi connectivity index (χ1) is 6.42. The molecule has 0 saturated carbocycles. The van der Waals surface area contributed by atoms with Crippen LogP contribution in [0.15, 0.2) is 35.3 Å². The molecule has 2 rings (SSSR count). The van der Waals surface area contributed by atoms with Crippen LogP contribution in [0, 0.1) is 0 Å². The smallest absolute Gasteiger partial charge is 0.0773 e. The molecule has 0 aliphatic heterocycles. The van der Waals surface area contributed by atoms with E-state index in [0.29, 0.717) is 6.04 Å². The van der Waals surface area contributed by atoms with Crippen molar-refractivity contribution in [2.75, 3.05) is 0 Å². The topological polar surface area (TPSA) is 17.8 Å². The van der Waals surface area contributed by atoms with E-state index >= 15 is 0 Å². The molecule has 13 heavy (non-hydrogen) atoms. The van der Waals surface area contributed by atoms with Crippen molar-refractivity contribution in [3.8, 4) is 0 Å². The predicted octanol–water partition coefficient (Wildman–Crippen LogP) is 2.94. The molecular formula is C10H12N2S. The van der Waals surface area contributed by atoms with Gasteiger partial charge in [0, 0.05) is 12.4 Å². The highest BCUT2D eigenvalue weighted by molar-refractivity contribution is 7.07. The average Bonchev–Trinajstić information content (AvgIpc) is 2.76. The first-order valence-corrected chi connectivity index (χ1v) is 5.37. The van der Waals surface area contributed by atoms with Crippen LogP contribution in [0.5, 0.6) is 0 Å². The van der Waals surface area contributed by atoms with Gasteiger partial charge in [-0.3, -0.25) is 4.68 Å². The van der Waals surface area contributed by atoms with Crippen LogP contribution in [-0.4, -0.2) is 9.78 Å². The van der Waals surface area contributed by atoms with Crippen molar-refractivity contribution in [2.45, 2.75) is 19.4 Å². The summed E-state index contributed by atoms with van der Waals surface area (Å²) in [5.74, 6) is 0. The van der Waals surface area contributed by atoms with E-state index < -0.39 is 0 Å². The van der Waals surface area contributed by atoms with Crippen LogP contribution < -0.4 is 0 Å². The van der Waals surface area contributed by atoms with Gasteiger partial charge in [0.25, 0.3) is 0 Å². The maximum Gasteiger partial charge on any atom is 0.0773 e. The molecule has 0 saturated heterocycles. The molecule has 3 heteroatoms. The number of thiophene rings is 1. The third-order valence-electron chi connectivity index (χ3n) is 2.16. The lowest BCUT2D eigenvalue weighted by atomic mass is 10.1. The summed E-state index contributed by atoms with van der Waals surface area (Å²) in [6.07, 6.45) is 4.93. The fourth-order valence-electron chi connectivity index (χ4n) is 1.51. The standard InChI is InChI=1S/C10H12N2S/c1-2-10(9-4-7-13-8-9)12-6-3-5-11-12/h3-8,10H,2H2,1H3. The van der Waals surface area contributed by atoms with E-state index in [1.165, 1.54) is 5.56 Å². The third-order valence-corrected chi connectivity index (χ3v) is 2.86. The normalized spacial score (nSPS) is 13.0. The number of aromatic nitrogens is 2. The van der Waals surface area contributed by atoms with Crippen LogP contribution in [0.2, 0.25) is 0 Å². The van der Waals surface area contributed by atoms with Crippen molar-refractivity contribution in [1.29, 1.82) is 0 Å².